The molecule has 0 aromatic heterocycles. The zero-order valence-corrected chi connectivity index (χ0v) is 9.99. The molecule has 0 spiro atoms. The fourth-order valence-electron chi connectivity index (χ4n) is 2.09. The lowest BCUT2D eigenvalue weighted by Gasteiger charge is -2.28. The van der Waals surface area contributed by atoms with Gasteiger partial charge in [-0.05, 0) is 20.3 Å². The van der Waals surface area contributed by atoms with Crippen LogP contribution < -0.4 is 5.32 Å². The molecule has 1 amide bonds. The molecule has 2 aliphatic heterocycles. The Bertz CT molecular complexity index is 268. The van der Waals surface area contributed by atoms with Crippen LogP contribution in [0.1, 0.15) is 20.3 Å². The summed E-state index contributed by atoms with van der Waals surface area (Å²) in [6.07, 6.45) is 0.979. The van der Waals surface area contributed by atoms with Crippen LogP contribution >= 0.6 is 0 Å². The third-order valence-electron chi connectivity index (χ3n) is 2.98. The van der Waals surface area contributed by atoms with E-state index >= 15 is 0 Å². The lowest BCUT2D eigenvalue weighted by atomic mass is 10.2. The maximum Gasteiger partial charge on any atom is 0.236 e. The summed E-state index contributed by atoms with van der Waals surface area (Å²) in [6, 6.07) is 0. The van der Waals surface area contributed by atoms with Crippen LogP contribution in [-0.2, 0) is 14.3 Å². The van der Waals surface area contributed by atoms with Gasteiger partial charge in [-0.25, -0.2) is 0 Å². The van der Waals surface area contributed by atoms with E-state index in [1.54, 1.807) is 0 Å². The normalized spacial score (nSPS) is 29.8. The van der Waals surface area contributed by atoms with Crippen molar-refractivity contribution in [2.24, 2.45) is 0 Å². The van der Waals surface area contributed by atoms with E-state index in [4.69, 9.17) is 9.47 Å². The second-order valence-corrected chi connectivity index (χ2v) is 4.80. The van der Waals surface area contributed by atoms with Crippen molar-refractivity contribution >= 4 is 5.91 Å². The Labute approximate surface area is 96.1 Å². The highest BCUT2D eigenvalue weighted by Crippen LogP contribution is 2.24. The van der Waals surface area contributed by atoms with Crippen LogP contribution in [0.2, 0.25) is 0 Å². The number of amides is 1. The molecule has 5 heteroatoms. The zero-order chi connectivity index (χ0) is 11.6. The van der Waals surface area contributed by atoms with Gasteiger partial charge in [-0.15, -0.1) is 0 Å². The van der Waals surface area contributed by atoms with Gasteiger partial charge in [0.1, 0.15) is 0 Å². The monoisotopic (exact) mass is 228 g/mol. The van der Waals surface area contributed by atoms with Gasteiger partial charge < -0.3 is 19.7 Å². The Balaban J connectivity index is 1.73. The Morgan fingerprint density at radius 3 is 3.00 bits per heavy atom. The van der Waals surface area contributed by atoms with Crippen molar-refractivity contribution in [1.82, 2.24) is 10.2 Å². The van der Waals surface area contributed by atoms with Crippen LogP contribution in [0.15, 0.2) is 0 Å². The minimum Gasteiger partial charge on any atom is -0.348 e. The van der Waals surface area contributed by atoms with Gasteiger partial charge in [-0.3, -0.25) is 4.79 Å². The molecule has 0 aromatic rings. The third-order valence-corrected chi connectivity index (χ3v) is 2.98. The Morgan fingerprint density at radius 2 is 2.38 bits per heavy atom. The highest BCUT2D eigenvalue weighted by molar-refractivity contribution is 5.78. The second-order valence-electron chi connectivity index (χ2n) is 4.80. The molecule has 2 fully saturated rings. The van der Waals surface area contributed by atoms with Crippen molar-refractivity contribution in [3.8, 4) is 0 Å². The molecule has 1 atom stereocenters. The molecule has 2 saturated heterocycles. The molecule has 2 heterocycles. The predicted octanol–water partition coefficient (Wildman–Crippen LogP) is -0.0402. The van der Waals surface area contributed by atoms with E-state index < -0.39 is 5.79 Å². The van der Waals surface area contributed by atoms with Crippen LogP contribution in [0.25, 0.3) is 0 Å². The summed E-state index contributed by atoms with van der Waals surface area (Å²) in [5, 5.41) is 3.06. The predicted molar refractivity (Wildman–Crippen MR) is 59.0 cm³/mol. The van der Waals surface area contributed by atoms with Gasteiger partial charge >= 0.3 is 0 Å². The average molecular weight is 228 g/mol. The topological polar surface area (TPSA) is 50.8 Å². The number of rotatable bonds is 3. The minimum atomic E-state index is -0.460. The van der Waals surface area contributed by atoms with Crippen molar-refractivity contribution in [2.45, 2.75) is 32.2 Å². The van der Waals surface area contributed by atoms with Gasteiger partial charge in [0.05, 0.1) is 19.3 Å². The molecule has 1 N–H and O–H groups in total. The molecule has 16 heavy (non-hydrogen) atoms. The Kier molecular flexibility index (Phi) is 3.47. The molecule has 0 aliphatic carbocycles. The number of ether oxygens (including phenoxy) is 2. The molecular formula is C11H20N2O3. The smallest absolute Gasteiger partial charge is 0.236 e. The summed E-state index contributed by atoms with van der Waals surface area (Å²) in [7, 11) is 0. The van der Waals surface area contributed by atoms with Crippen molar-refractivity contribution in [2.75, 3.05) is 32.8 Å². The lowest BCUT2D eigenvalue weighted by Crippen LogP contribution is -2.48. The quantitative estimate of drug-likeness (QED) is 0.736. The van der Waals surface area contributed by atoms with Crippen LogP contribution in [0, 0.1) is 0 Å². The number of nitrogens with zero attached hydrogens (tertiary/aromatic N) is 1. The molecule has 0 radical (unpaired) electrons. The van der Waals surface area contributed by atoms with E-state index in [9.17, 15) is 4.79 Å². The Hall–Kier alpha value is -0.650. The molecular weight excluding hydrogens is 208 g/mol. The number of nitrogens with one attached hydrogen (secondary N) is 1. The maximum absolute atomic E-state index is 11.5. The first-order valence-corrected chi connectivity index (χ1v) is 5.87. The van der Waals surface area contributed by atoms with Crippen LogP contribution in [0.3, 0.4) is 0 Å². The van der Waals surface area contributed by atoms with E-state index in [2.05, 4.69) is 5.32 Å². The first-order valence-electron chi connectivity index (χ1n) is 5.87. The fourth-order valence-corrected chi connectivity index (χ4v) is 2.09. The van der Waals surface area contributed by atoms with E-state index in [1.807, 2.05) is 18.7 Å². The first-order chi connectivity index (χ1) is 7.57. The van der Waals surface area contributed by atoms with Gasteiger partial charge in [0, 0.05) is 19.6 Å². The van der Waals surface area contributed by atoms with Crippen molar-refractivity contribution in [3.63, 3.8) is 0 Å². The number of carbonyl (C=O) groups excluding carboxylic acids is 1. The summed E-state index contributed by atoms with van der Waals surface area (Å²) < 4.78 is 11.2. The molecule has 0 unspecified atom stereocenters. The van der Waals surface area contributed by atoms with Gasteiger partial charge in [0.15, 0.2) is 5.79 Å². The van der Waals surface area contributed by atoms with Gasteiger partial charge in [-0.1, -0.05) is 0 Å². The van der Waals surface area contributed by atoms with E-state index in [0.717, 1.165) is 26.1 Å². The number of hydrogen-bond acceptors (Lipinski definition) is 4. The van der Waals surface area contributed by atoms with Gasteiger partial charge in [-0.2, -0.15) is 0 Å². The first kappa shape index (κ1) is 11.8. The van der Waals surface area contributed by atoms with Gasteiger partial charge in [0.2, 0.25) is 5.91 Å². The Morgan fingerprint density at radius 1 is 1.56 bits per heavy atom. The summed E-state index contributed by atoms with van der Waals surface area (Å²) in [5.74, 6) is -0.276. The van der Waals surface area contributed by atoms with Crippen molar-refractivity contribution in [3.05, 3.63) is 0 Å². The van der Waals surface area contributed by atoms with E-state index in [1.165, 1.54) is 0 Å². The van der Waals surface area contributed by atoms with Crippen molar-refractivity contribution < 1.29 is 14.3 Å². The second kappa shape index (κ2) is 4.69. The maximum atomic E-state index is 11.5. The number of hydrogen-bond donors (Lipinski definition) is 1. The third kappa shape index (κ3) is 2.93. The zero-order valence-electron chi connectivity index (χ0n) is 9.99. The van der Waals surface area contributed by atoms with Crippen LogP contribution in [0.4, 0.5) is 0 Å². The molecule has 92 valence electrons. The SMILES string of the molecule is CC1(C)OC[C@H](CCN2CCNCC2=O)O1. The molecule has 0 saturated carbocycles. The highest BCUT2D eigenvalue weighted by Gasteiger charge is 2.32. The molecule has 2 aliphatic rings. The number of piperazine rings is 1. The molecule has 5 nitrogen and oxygen atoms in total. The van der Waals surface area contributed by atoms with E-state index in [-0.39, 0.29) is 12.0 Å². The minimum absolute atomic E-state index is 0.123. The van der Waals surface area contributed by atoms with Gasteiger partial charge in [0.25, 0.3) is 0 Å². The summed E-state index contributed by atoms with van der Waals surface area (Å²) in [6.45, 7) is 7.40. The lowest BCUT2D eigenvalue weighted by molar-refractivity contribution is -0.140. The largest absolute Gasteiger partial charge is 0.348 e. The van der Waals surface area contributed by atoms with Crippen LogP contribution in [0.5, 0.6) is 0 Å². The standard InChI is InChI=1S/C11H20N2O3/c1-11(2)15-8-9(16-11)3-5-13-6-4-12-7-10(13)14/h9,12H,3-8H2,1-2H3/t9-/m0/s1. The van der Waals surface area contributed by atoms with Crippen molar-refractivity contribution in [1.29, 1.82) is 0 Å². The average Bonchev–Trinajstić information content (AvgIpc) is 2.57. The molecule has 2 rings (SSSR count). The van der Waals surface area contributed by atoms with Crippen LogP contribution in [-0.4, -0.2) is 55.5 Å². The summed E-state index contributed by atoms with van der Waals surface area (Å²) in [4.78, 5) is 13.4. The summed E-state index contributed by atoms with van der Waals surface area (Å²) >= 11 is 0. The number of carbonyl (C=O) groups is 1. The fraction of sp³-hybridized carbons (Fsp3) is 0.909. The molecule has 0 bridgehead atoms. The summed E-state index contributed by atoms with van der Waals surface area (Å²) in [5.41, 5.74) is 0. The highest BCUT2D eigenvalue weighted by atomic mass is 16.7. The van der Waals surface area contributed by atoms with E-state index in [0.29, 0.717) is 13.2 Å². The molecule has 0 aromatic carbocycles.